The van der Waals surface area contributed by atoms with Crippen molar-refractivity contribution < 1.29 is 18.0 Å². The summed E-state index contributed by atoms with van der Waals surface area (Å²) in [6.07, 6.45) is 4.41. The molecule has 0 aliphatic carbocycles. The normalized spacial score (nSPS) is 20.8. The first-order valence-electron chi connectivity index (χ1n) is 8.75. The van der Waals surface area contributed by atoms with Gasteiger partial charge in [-0.2, -0.15) is 0 Å². The van der Waals surface area contributed by atoms with Gasteiger partial charge in [0.2, 0.25) is 5.91 Å². The molecule has 26 heavy (non-hydrogen) atoms. The highest BCUT2D eigenvalue weighted by Gasteiger charge is 2.31. The predicted octanol–water partition coefficient (Wildman–Crippen LogP) is 0.599. The lowest BCUT2D eigenvalue weighted by atomic mass is 9.98. The quantitative estimate of drug-likeness (QED) is 0.638. The fraction of sp³-hybridized carbons (Fsp3) is 0.588. The van der Waals surface area contributed by atoms with Crippen molar-refractivity contribution in [3.63, 3.8) is 0 Å². The molecule has 144 valence electrons. The molecule has 2 heterocycles. The van der Waals surface area contributed by atoms with Crippen molar-refractivity contribution in [1.82, 2.24) is 20.9 Å². The largest absolute Gasteiger partial charge is 0.350 e. The fourth-order valence-corrected chi connectivity index (χ4v) is 4.45. The van der Waals surface area contributed by atoms with Gasteiger partial charge >= 0.3 is 6.03 Å². The van der Waals surface area contributed by atoms with Gasteiger partial charge in [0.15, 0.2) is 9.84 Å². The standard InChI is InChI=1S/C17H26N4O4S/c1-3-12(2)15(16(22)19-10-13-4-7-18-8-5-13)21-17(23)20-14-6-9-26(24,25)11-14/h4-5,7-8,12,14-15H,3,6,9-11H2,1-2H3,(H,19,22)(H2,20,21,23)/t12-,14?,15+/m0/s1. The number of nitrogens with one attached hydrogen (secondary N) is 3. The molecular formula is C17H26N4O4S. The Kier molecular flexibility index (Phi) is 6.96. The lowest BCUT2D eigenvalue weighted by Crippen LogP contribution is -2.54. The average Bonchev–Trinajstić information content (AvgIpc) is 2.96. The molecule has 3 amide bonds. The highest BCUT2D eigenvalue weighted by Crippen LogP contribution is 2.12. The maximum Gasteiger partial charge on any atom is 0.315 e. The Morgan fingerprint density at radius 1 is 1.31 bits per heavy atom. The molecule has 1 fully saturated rings. The summed E-state index contributed by atoms with van der Waals surface area (Å²) in [7, 11) is -3.07. The van der Waals surface area contributed by atoms with Crippen molar-refractivity contribution in [2.45, 2.75) is 45.3 Å². The SMILES string of the molecule is CC[C@H](C)[C@@H](NC(=O)NC1CCS(=O)(=O)C1)C(=O)NCc1ccncc1. The van der Waals surface area contributed by atoms with Crippen LogP contribution < -0.4 is 16.0 Å². The van der Waals surface area contributed by atoms with E-state index in [1.165, 1.54) is 0 Å². The maximum atomic E-state index is 12.5. The zero-order valence-electron chi connectivity index (χ0n) is 15.1. The number of carbonyl (C=O) groups is 2. The van der Waals surface area contributed by atoms with Crippen molar-refractivity contribution >= 4 is 21.8 Å². The minimum atomic E-state index is -3.07. The topological polar surface area (TPSA) is 117 Å². The minimum Gasteiger partial charge on any atom is -0.350 e. The number of carbonyl (C=O) groups excluding carboxylic acids is 2. The van der Waals surface area contributed by atoms with Crippen molar-refractivity contribution in [3.05, 3.63) is 30.1 Å². The second-order valence-corrected chi connectivity index (χ2v) is 8.88. The Hall–Kier alpha value is -2.16. The summed E-state index contributed by atoms with van der Waals surface area (Å²) < 4.78 is 23.0. The van der Waals surface area contributed by atoms with Gasteiger partial charge in [0.1, 0.15) is 6.04 Å². The number of sulfone groups is 1. The summed E-state index contributed by atoms with van der Waals surface area (Å²) >= 11 is 0. The van der Waals surface area contributed by atoms with Crippen LogP contribution in [0.5, 0.6) is 0 Å². The molecule has 1 saturated heterocycles. The van der Waals surface area contributed by atoms with Gasteiger partial charge in [-0.25, -0.2) is 13.2 Å². The zero-order chi connectivity index (χ0) is 19.2. The van der Waals surface area contributed by atoms with E-state index in [0.717, 1.165) is 5.56 Å². The first kappa shape index (κ1) is 20.2. The number of pyridine rings is 1. The lowest BCUT2D eigenvalue weighted by molar-refractivity contribution is -0.124. The van der Waals surface area contributed by atoms with E-state index in [4.69, 9.17) is 0 Å². The molecule has 1 aromatic rings. The molecular weight excluding hydrogens is 356 g/mol. The fourth-order valence-electron chi connectivity index (χ4n) is 2.78. The van der Waals surface area contributed by atoms with E-state index >= 15 is 0 Å². The Labute approximate surface area is 154 Å². The van der Waals surface area contributed by atoms with Crippen LogP contribution in [-0.2, 0) is 21.2 Å². The van der Waals surface area contributed by atoms with E-state index in [-0.39, 0.29) is 23.3 Å². The Morgan fingerprint density at radius 3 is 2.58 bits per heavy atom. The van der Waals surface area contributed by atoms with Crippen LogP contribution in [0.15, 0.2) is 24.5 Å². The van der Waals surface area contributed by atoms with Gasteiger partial charge in [0, 0.05) is 25.0 Å². The molecule has 0 radical (unpaired) electrons. The molecule has 2 rings (SSSR count). The van der Waals surface area contributed by atoms with E-state index in [1.54, 1.807) is 24.5 Å². The third kappa shape index (κ3) is 5.98. The molecule has 3 N–H and O–H groups in total. The van der Waals surface area contributed by atoms with Crippen LogP contribution in [0.25, 0.3) is 0 Å². The average molecular weight is 382 g/mol. The van der Waals surface area contributed by atoms with E-state index in [0.29, 0.717) is 19.4 Å². The van der Waals surface area contributed by atoms with Gasteiger partial charge in [-0.15, -0.1) is 0 Å². The van der Waals surface area contributed by atoms with E-state index < -0.39 is 28.0 Å². The summed E-state index contributed by atoms with van der Waals surface area (Å²) in [4.78, 5) is 28.7. The maximum absolute atomic E-state index is 12.5. The van der Waals surface area contributed by atoms with E-state index in [1.807, 2.05) is 13.8 Å². The molecule has 0 spiro atoms. The van der Waals surface area contributed by atoms with Gasteiger partial charge < -0.3 is 16.0 Å². The molecule has 1 aliphatic heterocycles. The summed E-state index contributed by atoms with van der Waals surface area (Å²) in [5.74, 6) is -0.308. The third-order valence-corrected chi connectivity index (χ3v) is 6.33. The summed E-state index contributed by atoms with van der Waals surface area (Å²) in [5.41, 5.74) is 0.914. The smallest absolute Gasteiger partial charge is 0.315 e. The molecule has 0 aromatic carbocycles. The van der Waals surface area contributed by atoms with Gasteiger partial charge in [-0.05, 0) is 30.0 Å². The van der Waals surface area contributed by atoms with Crippen molar-refractivity contribution in [1.29, 1.82) is 0 Å². The summed E-state index contributed by atoms with van der Waals surface area (Å²) in [5, 5.41) is 8.17. The molecule has 0 saturated carbocycles. The molecule has 1 aliphatic rings. The van der Waals surface area contributed by atoms with Crippen LogP contribution in [0.4, 0.5) is 4.79 Å². The second kappa shape index (κ2) is 8.98. The second-order valence-electron chi connectivity index (χ2n) is 6.65. The van der Waals surface area contributed by atoms with Gasteiger partial charge in [0.05, 0.1) is 11.5 Å². The number of rotatable bonds is 7. The predicted molar refractivity (Wildman–Crippen MR) is 98.1 cm³/mol. The number of urea groups is 1. The van der Waals surface area contributed by atoms with Crippen LogP contribution >= 0.6 is 0 Å². The van der Waals surface area contributed by atoms with E-state index in [9.17, 15) is 18.0 Å². The Balaban J connectivity index is 1.91. The van der Waals surface area contributed by atoms with Crippen LogP contribution in [0.3, 0.4) is 0 Å². The van der Waals surface area contributed by atoms with Crippen LogP contribution in [-0.4, -0.2) is 48.9 Å². The van der Waals surface area contributed by atoms with Gasteiger partial charge in [-0.1, -0.05) is 20.3 Å². The van der Waals surface area contributed by atoms with Crippen LogP contribution in [0.1, 0.15) is 32.3 Å². The monoisotopic (exact) mass is 382 g/mol. The molecule has 1 unspecified atom stereocenters. The molecule has 1 aromatic heterocycles. The lowest BCUT2D eigenvalue weighted by Gasteiger charge is -2.24. The van der Waals surface area contributed by atoms with Crippen LogP contribution in [0.2, 0.25) is 0 Å². The number of hydrogen-bond donors (Lipinski definition) is 3. The number of hydrogen-bond acceptors (Lipinski definition) is 5. The van der Waals surface area contributed by atoms with Crippen molar-refractivity contribution in [3.8, 4) is 0 Å². The Morgan fingerprint density at radius 2 is 2.00 bits per heavy atom. The highest BCUT2D eigenvalue weighted by atomic mass is 32.2. The van der Waals surface area contributed by atoms with Gasteiger partial charge in [0.25, 0.3) is 0 Å². The van der Waals surface area contributed by atoms with Gasteiger partial charge in [-0.3, -0.25) is 9.78 Å². The summed E-state index contributed by atoms with van der Waals surface area (Å²) in [6.45, 7) is 4.17. The van der Waals surface area contributed by atoms with Crippen LogP contribution in [0, 0.1) is 5.92 Å². The highest BCUT2D eigenvalue weighted by molar-refractivity contribution is 7.91. The first-order chi connectivity index (χ1) is 12.3. The van der Waals surface area contributed by atoms with Crippen molar-refractivity contribution in [2.75, 3.05) is 11.5 Å². The summed E-state index contributed by atoms with van der Waals surface area (Å²) in [6, 6.07) is 1.99. The third-order valence-electron chi connectivity index (χ3n) is 4.57. The number of aromatic nitrogens is 1. The minimum absolute atomic E-state index is 0.0529. The number of amides is 3. The molecule has 3 atom stereocenters. The molecule has 0 bridgehead atoms. The Bertz CT molecular complexity index is 724. The first-order valence-corrected chi connectivity index (χ1v) is 10.6. The van der Waals surface area contributed by atoms with Crippen molar-refractivity contribution in [2.24, 2.45) is 5.92 Å². The van der Waals surface area contributed by atoms with E-state index in [2.05, 4.69) is 20.9 Å². The molecule has 9 heteroatoms. The zero-order valence-corrected chi connectivity index (χ0v) is 15.9. The molecule has 8 nitrogen and oxygen atoms in total. The number of nitrogens with zero attached hydrogens (tertiary/aromatic N) is 1.